The Labute approximate surface area is 81.7 Å². The molecule has 0 unspecified atom stereocenters. The molecule has 0 aromatic carbocycles. The number of imidazole rings is 1. The monoisotopic (exact) mass is 191 g/mol. The van der Waals surface area contributed by atoms with Gasteiger partial charge in [0.05, 0.1) is 11.7 Å². The Hall–Kier alpha value is -1.49. The quantitative estimate of drug-likeness (QED) is 0.729. The number of rotatable bonds is 2. The van der Waals surface area contributed by atoms with Crippen molar-refractivity contribution in [2.45, 2.75) is 25.8 Å². The van der Waals surface area contributed by atoms with Crippen molar-refractivity contribution in [1.29, 1.82) is 0 Å². The van der Waals surface area contributed by atoms with E-state index in [4.69, 9.17) is 5.73 Å². The Morgan fingerprint density at radius 1 is 1.50 bits per heavy atom. The molecular formula is C9H13N5. The molecule has 2 rings (SSSR count). The van der Waals surface area contributed by atoms with Crippen LogP contribution < -0.4 is 5.73 Å². The van der Waals surface area contributed by atoms with Crippen LogP contribution in [0, 0.1) is 0 Å². The number of fused-ring (bicyclic) bond motifs is 1. The van der Waals surface area contributed by atoms with Crippen LogP contribution in [0.5, 0.6) is 0 Å². The predicted octanol–water partition coefficient (Wildman–Crippen LogP) is 0.633. The highest BCUT2D eigenvalue weighted by Gasteiger charge is 2.14. The van der Waals surface area contributed by atoms with E-state index < -0.39 is 0 Å². The Kier molecular flexibility index (Phi) is 1.96. The van der Waals surface area contributed by atoms with Gasteiger partial charge in [0.2, 0.25) is 0 Å². The van der Waals surface area contributed by atoms with E-state index in [-0.39, 0.29) is 5.54 Å². The number of nitrogens with zero attached hydrogens (tertiary/aromatic N) is 3. The molecule has 0 saturated carbocycles. The van der Waals surface area contributed by atoms with Crippen molar-refractivity contribution in [2.24, 2.45) is 5.73 Å². The van der Waals surface area contributed by atoms with Crippen LogP contribution in [0.1, 0.15) is 19.7 Å². The molecule has 74 valence electrons. The van der Waals surface area contributed by atoms with E-state index in [9.17, 15) is 0 Å². The molecule has 0 atom stereocenters. The molecule has 0 aliphatic carbocycles. The third kappa shape index (κ3) is 1.88. The zero-order chi connectivity index (χ0) is 10.2. The number of nitrogens with one attached hydrogen (secondary N) is 1. The van der Waals surface area contributed by atoms with Crippen LogP contribution in [0.25, 0.3) is 11.2 Å². The second-order valence-corrected chi connectivity index (χ2v) is 4.12. The van der Waals surface area contributed by atoms with Crippen LogP contribution in [0.15, 0.2) is 12.3 Å². The van der Waals surface area contributed by atoms with Gasteiger partial charge >= 0.3 is 0 Å². The summed E-state index contributed by atoms with van der Waals surface area (Å²) in [6.07, 6.45) is 2.33. The second kappa shape index (κ2) is 3.02. The number of nitrogens with two attached hydrogens (primary N) is 1. The highest BCUT2D eigenvalue weighted by atomic mass is 15.1. The van der Waals surface area contributed by atoms with Gasteiger partial charge in [-0.3, -0.25) is 0 Å². The van der Waals surface area contributed by atoms with E-state index >= 15 is 0 Å². The van der Waals surface area contributed by atoms with E-state index in [1.165, 1.54) is 0 Å². The minimum atomic E-state index is -0.263. The Balaban J connectivity index is 2.36. The molecule has 2 heterocycles. The summed E-state index contributed by atoms with van der Waals surface area (Å²) in [4.78, 5) is 7.45. The molecule has 3 N–H and O–H groups in total. The van der Waals surface area contributed by atoms with Gasteiger partial charge in [-0.05, 0) is 19.9 Å². The van der Waals surface area contributed by atoms with E-state index in [1.54, 1.807) is 6.20 Å². The highest BCUT2D eigenvalue weighted by molar-refractivity contribution is 5.69. The maximum absolute atomic E-state index is 5.89. The Bertz CT molecular complexity index is 407. The number of hydrogen-bond acceptors (Lipinski definition) is 4. The van der Waals surface area contributed by atoms with Crippen LogP contribution in [-0.2, 0) is 6.42 Å². The molecule has 0 bridgehead atoms. The second-order valence-electron chi connectivity index (χ2n) is 4.12. The third-order valence-corrected chi connectivity index (χ3v) is 1.84. The summed E-state index contributed by atoms with van der Waals surface area (Å²) in [5.74, 6) is 0.855. The van der Waals surface area contributed by atoms with Gasteiger partial charge in [0.1, 0.15) is 5.82 Å². The van der Waals surface area contributed by atoms with Crippen molar-refractivity contribution in [3.63, 3.8) is 0 Å². The first-order valence-corrected chi connectivity index (χ1v) is 4.50. The summed E-state index contributed by atoms with van der Waals surface area (Å²) in [6.45, 7) is 3.93. The van der Waals surface area contributed by atoms with Crippen LogP contribution in [0.2, 0.25) is 0 Å². The van der Waals surface area contributed by atoms with Crippen LogP contribution >= 0.6 is 0 Å². The Morgan fingerprint density at radius 2 is 2.29 bits per heavy atom. The van der Waals surface area contributed by atoms with Crippen LogP contribution in [0.4, 0.5) is 0 Å². The molecule has 0 spiro atoms. The molecule has 5 heteroatoms. The predicted molar refractivity (Wildman–Crippen MR) is 53.7 cm³/mol. The fourth-order valence-electron chi connectivity index (χ4n) is 1.33. The van der Waals surface area contributed by atoms with Gasteiger partial charge in [0.25, 0.3) is 0 Å². The first-order chi connectivity index (χ1) is 6.54. The molecule has 2 aromatic rings. The number of H-pyrrole nitrogens is 1. The standard InChI is InChI=1S/C9H13N5/c1-9(2,10)5-7-12-6-3-4-11-14-8(6)13-7/h3-4H,5,10H2,1-2H3,(H,12,13,14). The lowest BCUT2D eigenvalue weighted by molar-refractivity contribution is 0.505. The largest absolute Gasteiger partial charge is 0.340 e. The van der Waals surface area contributed by atoms with Gasteiger partial charge in [0, 0.05) is 12.0 Å². The minimum Gasteiger partial charge on any atom is -0.340 e. The molecule has 0 aliphatic heterocycles. The number of aromatic nitrogens is 4. The Morgan fingerprint density at radius 3 is 2.93 bits per heavy atom. The van der Waals surface area contributed by atoms with E-state index in [0.29, 0.717) is 12.1 Å². The SMILES string of the molecule is CC(C)(N)Cc1nc2nnccc2[nH]1. The van der Waals surface area contributed by atoms with E-state index in [1.807, 2.05) is 19.9 Å². The van der Waals surface area contributed by atoms with Crippen molar-refractivity contribution in [3.8, 4) is 0 Å². The molecule has 0 radical (unpaired) electrons. The van der Waals surface area contributed by atoms with Crippen molar-refractivity contribution < 1.29 is 0 Å². The van der Waals surface area contributed by atoms with Crippen LogP contribution in [-0.4, -0.2) is 25.7 Å². The maximum atomic E-state index is 5.89. The normalized spacial score (nSPS) is 12.2. The topological polar surface area (TPSA) is 80.5 Å². The fraction of sp³-hybridized carbons (Fsp3) is 0.444. The average molecular weight is 191 g/mol. The van der Waals surface area contributed by atoms with Gasteiger partial charge in [-0.15, -0.1) is 5.10 Å². The number of aromatic amines is 1. The molecule has 0 aliphatic rings. The molecule has 0 amide bonds. The lowest BCUT2D eigenvalue weighted by Crippen LogP contribution is -2.34. The summed E-state index contributed by atoms with van der Waals surface area (Å²) in [5.41, 5.74) is 7.18. The molecule has 0 saturated heterocycles. The smallest absolute Gasteiger partial charge is 0.199 e. The van der Waals surface area contributed by atoms with Gasteiger partial charge in [-0.2, -0.15) is 5.10 Å². The average Bonchev–Trinajstić information content (AvgIpc) is 2.42. The lowest BCUT2D eigenvalue weighted by atomic mass is 10.0. The van der Waals surface area contributed by atoms with Crippen molar-refractivity contribution in [3.05, 3.63) is 18.1 Å². The summed E-state index contributed by atoms with van der Waals surface area (Å²) in [7, 11) is 0. The summed E-state index contributed by atoms with van der Waals surface area (Å²) >= 11 is 0. The van der Waals surface area contributed by atoms with Crippen molar-refractivity contribution in [1.82, 2.24) is 20.2 Å². The van der Waals surface area contributed by atoms with Gasteiger partial charge in [-0.1, -0.05) is 0 Å². The van der Waals surface area contributed by atoms with Gasteiger partial charge in [0.15, 0.2) is 5.65 Å². The van der Waals surface area contributed by atoms with Gasteiger partial charge < -0.3 is 10.7 Å². The van der Waals surface area contributed by atoms with E-state index in [2.05, 4.69) is 20.2 Å². The zero-order valence-electron chi connectivity index (χ0n) is 8.28. The highest BCUT2D eigenvalue weighted by Crippen LogP contribution is 2.11. The molecule has 0 fully saturated rings. The zero-order valence-corrected chi connectivity index (χ0v) is 8.28. The summed E-state index contributed by atoms with van der Waals surface area (Å²) < 4.78 is 0. The molecule has 14 heavy (non-hydrogen) atoms. The first kappa shape index (κ1) is 9.08. The molecule has 5 nitrogen and oxygen atoms in total. The summed E-state index contributed by atoms with van der Waals surface area (Å²) in [6, 6.07) is 1.85. The van der Waals surface area contributed by atoms with Crippen molar-refractivity contribution in [2.75, 3.05) is 0 Å². The fourth-order valence-corrected chi connectivity index (χ4v) is 1.33. The third-order valence-electron chi connectivity index (χ3n) is 1.84. The lowest BCUT2D eigenvalue weighted by Gasteiger charge is -2.15. The number of hydrogen-bond donors (Lipinski definition) is 2. The first-order valence-electron chi connectivity index (χ1n) is 4.50. The van der Waals surface area contributed by atoms with Crippen LogP contribution in [0.3, 0.4) is 0 Å². The van der Waals surface area contributed by atoms with Crippen molar-refractivity contribution >= 4 is 11.2 Å². The molecule has 2 aromatic heterocycles. The molecular weight excluding hydrogens is 178 g/mol. The van der Waals surface area contributed by atoms with Gasteiger partial charge in [-0.25, -0.2) is 4.98 Å². The minimum absolute atomic E-state index is 0.263. The summed E-state index contributed by atoms with van der Waals surface area (Å²) in [5, 5.41) is 7.66. The van der Waals surface area contributed by atoms with E-state index in [0.717, 1.165) is 11.3 Å². The maximum Gasteiger partial charge on any atom is 0.199 e.